The first-order chi connectivity index (χ1) is 11.8. The van der Waals surface area contributed by atoms with Crippen LogP contribution >= 0.6 is 0 Å². The quantitative estimate of drug-likeness (QED) is 0.619. The summed E-state index contributed by atoms with van der Waals surface area (Å²) in [7, 11) is 0. The van der Waals surface area contributed by atoms with Gasteiger partial charge in [-0.15, -0.1) is 0 Å². The summed E-state index contributed by atoms with van der Waals surface area (Å²) in [4.78, 5) is 46.7. The SMILES string of the molecule is CC(C)(c1ccc2c(c1)C(=O)OC2=O)c1ccc2c(c1)C(=O)OC2=O. The van der Waals surface area contributed by atoms with E-state index in [9.17, 15) is 19.2 Å². The molecule has 0 unspecified atom stereocenters. The molecule has 0 amide bonds. The number of fused-ring (bicyclic) bond motifs is 2. The lowest BCUT2D eigenvalue weighted by molar-refractivity contribution is 0.0425. The van der Waals surface area contributed by atoms with Crippen LogP contribution in [0.3, 0.4) is 0 Å². The molecule has 0 spiro atoms. The number of carbonyl (C=O) groups excluding carboxylic acids is 4. The number of hydrogen-bond donors (Lipinski definition) is 0. The van der Waals surface area contributed by atoms with Crippen molar-refractivity contribution in [3.8, 4) is 0 Å². The molecule has 0 bridgehead atoms. The molecule has 25 heavy (non-hydrogen) atoms. The largest absolute Gasteiger partial charge is 0.386 e. The van der Waals surface area contributed by atoms with Crippen LogP contribution in [-0.2, 0) is 14.9 Å². The van der Waals surface area contributed by atoms with Crippen LogP contribution in [0, 0.1) is 0 Å². The van der Waals surface area contributed by atoms with E-state index in [0.29, 0.717) is 0 Å². The highest BCUT2D eigenvalue weighted by atomic mass is 16.6. The number of cyclic esters (lactones) is 4. The lowest BCUT2D eigenvalue weighted by Gasteiger charge is -2.26. The summed E-state index contributed by atoms with van der Waals surface area (Å²) in [5.41, 5.74) is 1.91. The number of ether oxygens (including phenoxy) is 2. The van der Waals surface area contributed by atoms with Gasteiger partial charge < -0.3 is 9.47 Å². The zero-order chi connectivity index (χ0) is 17.9. The minimum Gasteiger partial charge on any atom is -0.386 e. The number of esters is 4. The smallest absolute Gasteiger partial charge is 0.346 e. The summed E-state index contributed by atoms with van der Waals surface area (Å²) < 4.78 is 9.23. The Bertz CT molecular complexity index is 919. The van der Waals surface area contributed by atoms with Crippen molar-refractivity contribution >= 4 is 23.9 Å². The normalized spacial score (nSPS) is 15.8. The molecular formula is C19H12O6. The molecule has 2 aliphatic heterocycles. The van der Waals surface area contributed by atoms with Crippen molar-refractivity contribution in [1.82, 2.24) is 0 Å². The molecule has 0 fully saturated rings. The molecule has 2 aliphatic rings. The predicted molar refractivity (Wildman–Crippen MR) is 84.5 cm³/mol. The zero-order valence-electron chi connectivity index (χ0n) is 13.4. The highest BCUT2D eigenvalue weighted by Gasteiger charge is 2.35. The van der Waals surface area contributed by atoms with E-state index in [2.05, 4.69) is 9.47 Å². The third kappa shape index (κ3) is 2.11. The van der Waals surface area contributed by atoms with Crippen LogP contribution in [0.5, 0.6) is 0 Å². The van der Waals surface area contributed by atoms with E-state index >= 15 is 0 Å². The molecule has 124 valence electrons. The van der Waals surface area contributed by atoms with Crippen LogP contribution in [0.1, 0.15) is 66.4 Å². The molecule has 0 atom stereocenters. The van der Waals surface area contributed by atoms with Crippen molar-refractivity contribution in [2.24, 2.45) is 0 Å². The Morgan fingerprint density at radius 2 is 0.960 bits per heavy atom. The van der Waals surface area contributed by atoms with Gasteiger partial charge in [0.15, 0.2) is 0 Å². The second-order valence-corrected chi connectivity index (χ2v) is 6.50. The summed E-state index contributed by atoms with van der Waals surface area (Å²) in [6.45, 7) is 3.83. The van der Waals surface area contributed by atoms with Crippen molar-refractivity contribution in [1.29, 1.82) is 0 Å². The first kappa shape index (κ1) is 15.3. The summed E-state index contributed by atoms with van der Waals surface area (Å²) >= 11 is 0. The van der Waals surface area contributed by atoms with Gasteiger partial charge in [0.1, 0.15) is 0 Å². The Hall–Kier alpha value is -3.28. The fourth-order valence-electron chi connectivity index (χ4n) is 3.11. The average molecular weight is 336 g/mol. The fraction of sp³-hybridized carbons (Fsp3) is 0.158. The molecule has 0 saturated heterocycles. The number of rotatable bonds is 2. The van der Waals surface area contributed by atoms with Gasteiger partial charge in [-0.05, 0) is 35.4 Å². The predicted octanol–water partition coefficient (Wildman–Crippen LogP) is 2.63. The van der Waals surface area contributed by atoms with E-state index in [4.69, 9.17) is 0 Å². The Morgan fingerprint density at radius 1 is 0.600 bits per heavy atom. The second kappa shape index (κ2) is 4.86. The highest BCUT2D eigenvalue weighted by Crippen LogP contribution is 2.36. The monoisotopic (exact) mass is 336 g/mol. The molecule has 2 aromatic carbocycles. The minimum absolute atomic E-state index is 0.228. The molecule has 6 nitrogen and oxygen atoms in total. The van der Waals surface area contributed by atoms with Gasteiger partial charge in [0.25, 0.3) is 0 Å². The standard InChI is InChI=1S/C19H12O6/c1-19(2,9-3-5-11-13(7-9)17(22)24-15(11)20)10-4-6-12-14(8-10)18(23)25-16(12)21/h3-8H,1-2H3. The molecule has 6 heteroatoms. The van der Waals surface area contributed by atoms with Crippen molar-refractivity contribution in [3.63, 3.8) is 0 Å². The third-order valence-corrected chi connectivity index (χ3v) is 4.73. The van der Waals surface area contributed by atoms with Crippen LogP contribution in [0.2, 0.25) is 0 Å². The molecule has 4 rings (SSSR count). The maximum Gasteiger partial charge on any atom is 0.346 e. The number of hydrogen-bond acceptors (Lipinski definition) is 6. The van der Waals surface area contributed by atoms with Gasteiger partial charge in [-0.2, -0.15) is 0 Å². The molecule has 0 saturated carbocycles. The van der Waals surface area contributed by atoms with Crippen molar-refractivity contribution < 1.29 is 28.7 Å². The Kier molecular flexibility index (Phi) is 2.97. The van der Waals surface area contributed by atoms with E-state index in [1.165, 1.54) is 0 Å². The Balaban J connectivity index is 1.81. The molecule has 0 aliphatic carbocycles. The van der Waals surface area contributed by atoms with Gasteiger partial charge in [-0.25, -0.2) is 19.2 Å². The zero-order valence-corrected chi connectivity index (χ0v) is 13.4. The lowest BCUT2D eigenvalue weighted by Crippen LogP contribution is -2.20. The van der Waals surface area contributed by atoms with E-state index in [1.54, 1.807) is 36.4 Å². The van der Waals surface area contributed by atoms with Crippen LogP contribution in [0.15, 0.2) is 36.4 Å². The van der Waals surface area contributed by atoms with Crippen LogP contribution in [0.4, 0.5) is 0 Å². The topological polar surface area (TPSA) is 86.7 Å². The van der Waals surface area contributed by atoms with Crippen molar-refractivity contribution in [2.45, 2.75) is 19.3 Å². The van der Waals surface area contributed by atoms with Crippen LogP contribution in [-0.4, -0.2) is 23.9 Å². The Labute approximate surface area is 142 Å². The van der Waals surface area contributed by atoms with Crippen molar-refractivity contribution in [2.75, 3.05) is 0 Å². The fourth-order valence-corrected chi connectivity index (χ4v) is 3.11. The van der Waals surface area contributed by atoms with E-state index in [1.807, 2.05) is 13.8 Å². The minimum atomic E-state index is -0.666. The first-order valence-corrected chi connectivity index (χ1v) is 7.61. The lowest BCUT2D eigenvalue weighted by atomic mass is 9.76. The van der Waals surface area contributed by atoms with Gasteiger partial charge in [0.2, 0.25) is 0 Å². The summed E-state index contributed by atoms with van der Waals surface area (Å²) in [5.74, 6) is -2.63. The molecule has 0 radical (unpaired) electrons. The molecular weight excluding hydrogens is 324 g/mol. The van der Waals surface area contributed by atoms with Crippen molar-refractivity contribution in [3.05, 3.63) is 69.8 Å². The molecule has 0 N–H and O–H groups in total. The van der Waals surface area contributed by atoms with Gasteiger partial charge in [-0.3, -0.25) is 0 Å². The van der Waals surface area contributed by atoms with E-state index in [-0.39, 0.29) is 22.3 Å². The van der Waals surface area contributed by atoms with Crippen LogP contribution in [0.25, 0.3) is 0 Å². The summed E-state index contributed by atoms with van der Waals surface area (Å²) in [6, 6.07) is 9.86. The average Bonchev–Trinajstić information content (AvgIpc) is 3.03. The van der Waals surface area contributed by atoms with Gasteiger partial charge in [-0.1, -0.05) is 26.0 Å². The first-order valence-electron chi connectivity index (χ1n) is 7.61. The molecule has 0 aromatic heterocycles. The number of carbonyl (C=O) groups is 4. The van der Waals surface area contributed by atoms with E-state index in [0.717, 1.165) is 11.1 Å². The second-order valence-electron chi connectivity index (χ2n) is 6.50. The third-order valence-electron chi connectivity index (χ3n) is 4.73. The molecule has 2 aromatic rings. The molecule has 2 heterocycles. The van der Waals surface area contributed by atoms with Gasteiger partial charge in [0, 0.05) is 5.41 Å². The van der Waals surface area contributed by atoms with Gasteiger partial charge in [0.05, 0.1) is 22.3 Å². The number of benzene rings is 2. The maximum absolute atomic E-state index is 11.8. The highest BCUT2D eigenvalue weighted by molar-refractivity contribution is 6.15. The van der Waals surface area contributed by atoms with Gasteiger partial charge >= 0.3 is 23.9 Å². The summed E-state index contributed by atoms with van der Waals surface area (Å²) in [5, 5.41) is 0. The Morgan fingerprint density at radius 3 is 1.36 bits per heavy atom. The maximum atomic E-state index is 11.8. The van der Waals surface area contributed by atoms with Crippen LogP contribution < -0.4 is 0 Å². The summed E-state index contributed by atoms with van der Waals surface area (Å²) in [6.07, 6.45) is 0. The van der Waals surface area contributed by atoms with E-state index < -0.39 is 29.3 Å².